The van der Waals surface area contributed by atoms with Gasteiger partial charge in [0, 0.05) is 30.4 Å². The number of benzene rings is 2. The van der Waals surface area contributed by atoms with Gasteiger partial charge in [-0.15, -0.1) is 0 Å². The molecule has 28 heavy (non-hydrogen) atoms. The van der Waals surface area contributed by atoms with Crippen LogP contribution in [0.5, 0.6) is 0 Å². The number of carbonyl (C=O) groups excluding carboxylic acids is 2. The summed E-state index contributed by atoms with van der Waals surface area (Å²) in [5.41, 5.74) is 3.96. The Morgan fingerprint density at radius 1 is 1.00 bits per heavy atom. The molecule has 6 heteroatoms. The molecule has 6 nitrogen and oxygen atoms in total. The zero-order valence-electron chi connectivity index (χ0n) is 16.7. The standard InChI is InChI=1S/C22H28N4O2/c1-15(2)23-22(28)25-19-14-18(9-10-20(19)26-11-4-5-12-26)24-21(27)17-8-6-7-16(3)13-17/h6-10,13-15H,4-5,11-12H2,1-3H3,(H,24,27)(H2,23,25,28). The second kappa shape index (κ2) is 8.78. The number of hydrogen-bond donors (Lipinski definition) is 3. The Bertz CT molecular complexity index is 857. The normalized spacial score (nSPS) is 13.5. The van der Waals surface area contributed by atoms with Gasteiger partial charge < -0.3 is 20.9 Å². The second-order valence-electron chi connectivity index (χ2n) is 7.50. The Balaban J connectivity index is 1.82. The Kier molecular flexibility index (Phi) is 6.19. The lowest BCUT2D eigenvalue weighted by Crippen LogP contribution is -2.34. The van der Waals surface area contributed by atoms with Crippen LogP contribution in [0.15, 0.2) is 42.5 Å². The molecular weight excluding hydrogens is 352 g/mol. The number of nitrogens with one attached hydrogen (secondary N) is 3. The SMILES string of the molecule is Cc1cccc(C(=O)Nc2ccc(N3CCCC3)c(NC(=O)NC(C)C)c2)c1. The van der Waals surface area contributed by atoms with Crippen LogP contribution >= 0.6 is 0 Å². The number of anilines is 3. The Morgan fingerprint density at radius 3 is 2.43 bits per heavy atom. The van der Waals surface area contributed by atoms with E-state index in [1.807, 2.05) is 57.2 Å². The van der Waals surface area contributed by atoms with Gasteiger partial charge >= 0.3 is 6.03 Å². The third-order valence-electron chi connectivity index (χ3n) is 4.65. The summed E-state index contributed by atoms with van der Waals surface area (Å²) in [5, 5.41) is 8.71. The van der Waals surface area contributed by atoms with Gasteiger partial charge in [-0.2, -0.15) is 0 Å². The van der Waals surface area contributed by atoms with Gasteiger partial charge in [-0.3, -0.25) is 4.79 Å². The van der Waals surface area contributed by atoms with E-state index in [-0.39, 0.29) is 18.0 Å². The predicted octanol–water partition coefficient (Wildman–Crippen LogP) is 4.38. The minimum atomic E-state index is -0.252. The summed E-state index contributed by atoms with van der Waals surface area (Å²) in [5.74, 6) is -0.171. The van der Waals surface area contributed by atoms with E-state index in [1.165, 1.54) is 0 Å². The van der Waals surface area contributed by atoms with Gasteiger partial charge in [-0.25, -0.2) is 4.79 Å². The van der Waals surface area contributed by atoms with E-state index in [2.05, 4.69) is 20.9 Å². The highest BCUT2D eigenvalue weighted by molar-refractivity contribution is 6.05. The van der Waals surface area contributed by atoms with Crippen molar-refractivity contribution in [2.75, 3.05) is 28.6 Å². The molecular formula is C22H28N4O2. The maximum absolute atomic E-state index is 12.6. The summed E-state index contributed by atoms with van der Waals surface area (Å²) in [6, 6.07) is 12.9. The zero-order valence-corrected chi connectivity index (χ0v) is 16.7. The number of urea groups is 1. The quantitative estimate of drug-likeness (QED) is 0.721. The van der Waals surface area contributed by atoms with Crippen molar-refractivity contribution in [2.24, 2.45) is 0 Å². The molecule has 1 saturated heterocycles. The fraction of sp³-hybridized carbons (Fsp3) is 0.364. The molecule has 3 rings (SSSR count). The molecule has 0 aliphatic carbocycles. The lowest BCUT2D eigenvalue weighted by atomic mass is 10.1. The summed E-state index contributed by atoms with van der Waals surface area (Å²) in [7, 11) is 0. The lowest BCUT2D eigenvalue weighted by Gasteiger charge is -2.23. The van der Waals surface area contributed by atoms with E-state index in [0.29, 0.717) is 16.9 Å². The van der Waals surface area contributed by atoms with Crippen LogP contribution in [-0.4, -0.2) is 31.1 Å². The monoisotopic (exact) mass is 380 g/mol. The molecule has 0 atom stereocenters. The van der Waals surface area contributed by atoms with Crippen LogP contribution in [0.25, 0.3) is 0 Å². The van der Waals surface area contributed by atoms with Gasteiger partial charge in [0.1, 0.15) is 0 Å². The molecule has 0 bridgehead atoms. The van der Waals surface area contributed by atoms with Gasteiger partial charge in [0.15, 0.2) is 0 Å². The fourth-order valence-electron chi connectivity index (χ4n) is 3.36. The first-order chi connectivity index (χ1) is 13.4. The maximum atomic E-state index is 12.6. The molecule has 0 radical (unpaired) electrons. The van der Waals surface area contributed by atoms with Crippen molar-refractivity contribution in [3.05, 3.63) is 53.6 Å². The van der Waals surface area contributed by atoms with Crippen molar-refractivity contribution >= 4 is 29.0 Å². The van der Waals surface area contributed by atoms with Gasteiger partial charge in [0.05, 0.1) is 11.4 Å². The summed E-state index contributed by atoms with van der Waals surface area (Å²) in [4.78, 5) is 27.1. The Hall–Kier alpha value is -3.02. The summed E-state index contributed by atoms with van der Waals surface area (Å²) < 4.78 is 0. The smallest absolute Gasteiger partial charge is 0.319 e. The van der Waals surface area contributed by atoms with Crippen molar-refractivity contribution in [3.63, 3.8) is 0 Å². The summed E-state index contributed by atoms with van der Waals surface area (Å²) >= 11 is 0. The Morgan fingerprint density at radius 2 is 1.75 bits per heavy atom. The number of amides is 3. The van der Waals surface area contributed by atoms with Gasteiger partial charge in [-0.1, -0.05) is 17.7 Å². The lowest BCUT2D eigenvalue weighted by molar-refractivity contribution is 0.102. The molecule has 0 aromatic heterocycles. The average molecular weight is 380 g/mol. The molecule has 1 fully saturated rings. The number of aryl methyl sites for hydroxylation is 1. The van der Waals surface area contributed by atoms with Crippen LogP contribution in [0.1, 0.15) is 42.6 Å². The minimum Gasteiger partial charge on any atom is -0.370 e. The van der Waals surface area contributed by atoms with Crippen molar-refractivity contribution < 1.29 is 9.59 Å². The first-order valence-corrected chi connectivity index (χ1v) is 9.77. The third-order valence-corrected chi connectivity index (χ3v) is 4.65. The van der Waals surface area contributed by atoms with Gasteiger partial charge in [-0.05, 0) is 63.9 Å². The molecule has 0 spiro atoms. The molecule has 2 aromatic rings. The molecule has 1 aliphatic rings. The van der Waals surface area contributed by atoms with Crippen molar-refractivity contribution in [3.8, 4) is 0 Å². The molecule has 0 saturated carbocycles. The van der Waals surface area contributed by atoms with Crippen LogP contribution in [-0.2, 0) is 0 Å². The first-order valence-electron chi connectivity index (χ1n) is 9.77. The Labute approximate surface area is 166 Å². The topological polar surface area (TPSA) is 73.5 Å². The highest BCUT2D eigenvalue weighted by Crippen LogP contribution is 2.32. The predicted molar refractivity (Wildman–Crippen MR) is 114 cm³/mol. The summed E-state index contributed by atoms with van der Waals surface area (Å²) in [6.45, 7) is 7.72. The van der Waals surface area contributed by atoms with Crippen LogP contribution in [0.2, 0.25) is 0 Å². The maximum Gasteiger partial charge on any atom is 0.319 e. The zero-order chi connectivity index (χ0) is 20.1. The number of rotatable bonds is 5. The van der Waals surface area contributed by atoms with Crippen LogP contribution in [0, 0.1) is 6.92 Å². The first kappa shape index (κ1) is 19.7. The van der Waals surface area contributed by atoms with E-state index >= 15 is 0 Å². The molecule has 1 aliphatic heterocycles. The second-order valence-corrected chi connectivity index (χ2v) is 7.50. The fourth-order valence-corrected chi connectivity index (χ4v) is 3.36. The van der Waals surface area contributed by atoms with Crippen molar-refractivity contribution in [1.82, 2.24) is 5.32 Å². The van der Waals surface area contributed by atoms with Crippen molar-refractivity contribution in [2.45, 2.75) is 39.7 Å². The molecule has 3 N–H and O–H groups in total. The molecule has 3 amide bonds. The van der Waals surface area contributed by atoms with Crippen LogP contribution in [0.4, 0.5) is 21.9 Å². The molecule has 148 valence electrons. The summed E-state index contributed by atoms with van der Waals surface area (Å²) in [6.07, 6.45) is 2.28. The number of carbonyl (C=O) groups is 2. The highest BCUT2D eigenvalue weighted by atomic mass is 16.2. The third kappa shape index (κ3) is 5.03. The van der Waals surface area contributed by atoms with Gasteiger partial charge in [0.25, 0.3) is 5.91 Å². The van der Waals surface area contributed by atoms with E-state index in [4.69, 9.17) is 0 Å². The van der Waals surface area contributed by atoms with E-state index in [0.717, 1.165) is 37.2 Å². The average Bonchev–Trinajstić information content (AvgIpc) is 3.15. The number of hydrogen-bond acceptors (Lipinski definition) is 3. The van der Waals surface area contributed by atoms with E-state index in [1.54, 1.807) is 6.07 Å². The van der Waals surface area contributed by atoms with Crippen molar-refractivity contribution in [1.29, 1.82) is 0 Å². The largest absolute Gasteiger partial charge is 0.370 e. The molecule has 1 heterocycles. The molecule has 2 aromatic carbocycles. The highest BCUT2D eigenvalue weighted by Gasteiger charge is 2.18. The minimum absolute atomic E-state index is 0.0412. The van der Waals surface area contributed by atoms with E-state index in [9.17, 15) is 9.59 Å². The van der Waals surface area contributed by atoms with Gasteiger partial charge in [0.2, 0.25) is 0 Å². The van der Waals surface area contributed by atoms with Crippen LogP contribution < -0.4 is 20.9 Å². The van der Waals surface area contributed by atoms with Crippen LogP contribution in [0.3, 0.4) is 0 Å². The number of nitrogens with zero attached hydrogens (tertiary/aromatic N) is 1. The van der Waals surface area contributed by atoms with E-state index < -0.39 is 0 Å². The molecule has 0 unspecified atom stereocenters.